The summed E-state index contributed by atoms with van der Waals surface area (Å²) in [4.78, 5) is 16.5. The van der Waals surface area contributed by atoms with Crippen molar-refractivity contribution >= 4 is 5.91 Å². The fourth-order valence-corrected chi connectivity index (χ4v) is 3.92. The largest absolute Gasteiger partial charge is 0.434 e. The second kappa shape index (κ2) is 9.99. The minimum Gasteiger partial charge on any atom is -0.434 e. The monoisotopic (exact) mass is 382 g/mol. The van der Waals surface area contributed by atoms with Crippen LogP contribution in [0.5, 0.6) is 5.75 Å². The second-order valence-corrected chi connectivity index (χ2v) is 7.26. The molecule has 0 bridgehead atoms. The Labute approximate surface area is 159 Å². The van der Waals surface area contributed by atoms with Crippen molar-refractivity contribution in [3.8, 4) is 5.75 Å². The van der Waals surface area contributed by atoms with E-state index < -0.39 is 6.61 Å². The minimum atomic E-state index is -2.81. The highest BCUT2D eigenvalue weighted by Crippen LogP contribution is 2.26. The topological polar surface area (TPSA) is 42.0 Å². The van der Waals surface area contributed by atoms with Crippen LogP contribution in [0.3, 0.4) is 0 Å². The lowest BCUT2D eigenvalue weighted by molar-refractivity contribution is -0.135. The number of piperidine rings is 1. The molecule has 1 atom stereocenters. The first-order chi connectivity index (χ1) is 13.1. The van der Waals surface area contributed by atoms with Gasteiger partial charge in [-0.3, -0.25) is 9.69 Å². The zero-order valence-electron chi connectivity index (χ0n) is 15.6. The van der Waals surface area contributed by atoms with Gasteiger partial charge in [-0.15, -0.1) is 0 Å². The molecule has 0 unspecified atom stereocenters. The van der Waals surface area contributed by atoms with Crippen molar-refractivity contribution in [2.45, 2.75) is 38.8 Å². The Morgan fingerprint density at radius 2 is 2.00 bits per heavy atom. The summed E-state index contributed by atoms with van der Waals surface area (Å²) in [5.74, 6) is 0.926. The van der Waals surface area contributed by atoms with Gasteiger partial charge >= 0.3 is 6.61 Å². The van der Waals surface area contributed by atoms with E-state index >= 15 is 0 Å². The Bertz CT molecular complexity index is 609. The number of carbonyl (C=O) groups is 1. The number of hydrogen-bond donors (Lipinski definition) is 0. The van der Waals surface area contributed by atoms with Crippen LogP contribution >= 0.6 is 0 Å². The maximum atomic E-state index is 12.6. The Morgan fingerprint density at radius 1 is 1.22 bits per heavy atom. The normalized spacial score (nSPS) is 21.4. The maximum Gasteiger partial charge on any atom is 0.387 e. The number of rotatable bonds is 7. The summed E-state index contributed by atoms with van der Waals surface area (Å²) in [7, 11) is 0. The van der Waals surface area contributed by atoms with E-state index in [4.69, 9.17) is 4.74 Å². The summed E-state index contributed by atoms with van der Waals surface area (Å²) in [5.41, 5.74) is 0.780. The molecule has 2 aliphatic heterocycles. The second-order valence-electron chi connectivity index (χ2n) is 7.26. The molecule has 27 heavy (non-hydrogen) atoms. The quantitative estimate of drug-likeness (QED) is 0.727. The summed E-state index contributed by atoms with van der Waals surface area (Å²) in [5, 5.41) is 0. The number of likely N-dealkylation sites (tertiary alicyclic amines) is 1. The van der Waals surface area contributed by atoms with Gasteiger partial charge in [-0.2, -0.15) is 8.78 Å². The molecule has 0 radical (unpaired) electrons. The van der Waals surface area contributed by atoms with Crippen LogP contribution in [-0.4, -0.2) is 61.7 Å². The molecule has 7 heteroatoms. The Morgan fingerprint density at radius 3 is 2.78 bits per heavy atom. The molecule has 2 heterocycles. The molecule has 2 saturated heterocycles. The number of amides is 1. The number of para-hydroxylation sites is 1. The first-order valence-electron chi connectivity index (χ1n) is 9.72. The summed E-state index contributed by atoms with van der Waals surface area (Å²) in [6.45, 7) is 2.25. The first-order valence-corrected chi connectivity index (χ1v) is 9.72. The number of hydrogen-bond acceptors (Lipinski definition) is 4. The van der Waals surface area contributed by atoms with Crippen molar-refractivity contribution in [2.24, 2.45) is 5.92 Å². The van der Waals surface area contributed by atoms with Gasteiger partial charge in [-0.25, -0.2) is 0 Å². The van der Waals surface area contributed by atoms with E-state index in [9.17, 15) is 13.6 Å². The zero-order valence-corrected chi connectivity index (χ0v) is 15.6. The lowest BCUT2D eigenvalue weighted by atomic mass is 9.92. The fraction of sp³-hybridized carbons (Fsp3) is 0.650. The van der Waals surface area contributed by atoms with Crippen molar-refractivity contribution in [3.05, 3.63) is 29.8 Å². The molecule has 1 aromatic rings. The van der Waals surface area contributed by atoms with Crippen LogP contribution in [0.15, 0.2) is 24.3 Å². The molecule has 0 spiro atoms. The SMILES string of the molecule is O=C(CC[C@@H]1CCCN(Cc2ccccc2OC(F)F)C1)N1CCOCC1. The van der Waals surface area contributed by atoms with Gasteiger partial charge in [0.25, 0.3) is 0 Å². The summed E-state index contributed by atoms with van der Waals surface area (Å²) >= 11 is 0. The highest BCUT2D eigenvalue weighted by molar-refractivity contribution is 5.76. The third kappa shape index (κ3) is 6.14. The van der Waals surface area contributed by atoms with E-state index in [1.54, 1.807) is 12.1 Å². The van der Waals surface area contributed by atoms with Crippen LogP contribution in [0.4, 0.5) is 8.78 Å². The molecule has 2 fully saturated rings. The zero-order chi connectivity index (χ0) is 19.1. The van der Waals surface area contributed by atoms with Crippen LogP contribution in [0.2, 0.25) is 0 Å². The molecule has 3 rings (SSSR count). The maximum absolute atomic E-state index is 12.6. The number of alkyl halides is 2. The molecule has 1 aromatic carbocycles. The first kappa shape index (κ1) is 20.0. The number of morpholine rings is 1. The smallest absolute Gasteiger partial charge is 0.387 e. The van der Waals surface area contributed by atoms with Gasteiger partial charge < -0.3 is 14.4 Å². The fourth-order valence-electron chi connectivity index (χ4n) is 3.92. The van der Waals surface area contributed by atoms with Crippen molar-refractivity contribution in [3.63, 3.8) is 0 Å². The highest BCUT2D eigenvalue weighted by Gasteiger charge is 2.23. The molecular weight excluding hydrogens is 354 g/mol. The number of carbonyl (C=O) groups excluding carboxylic acids is 1. The van der Waals surface area contributed by atoms with Crippen LogP contribution in [0.1, 0.15) is 31.2 Å². The molecule has 5 nitrogen and oxygen atoms in total. The average molecular weight is 382 g/mol. The van der Waals surface area contributed by atoms with Crippen molar-refractivity contribution < 1.29 is 23.0 Å². The lowest BCUT2D eigenvalue weighted by Crippen LogP contribution is -2.41. The average Bonchev–Trinajstić information content (AvgIpc) is 2.68. The third-order valence-corrected chi connectivity index (χ3v) is 5.32. The number of benzene rings is 1. The van der Waals surface area contributed by atoms with Crippen molar-refractivity contribution in [2.75, 3.05) is 39.4 Å². The van der Waals surface area contributed by atoms with Gasteiger partial charge in [0.05, 0.1) is 13.2 Å². The molecular formula is C20H28F2N2O3. The van der Waals surface area contributed by atoms with E-state index in [2.05, 4.69) is 9.64 Å². The summed E-state index contributed by atoms with van der Waals surface area (Å²) < 4.78 is 35.1. The van der Waals surface area contributed by atoms with Crippen molar-refractivity contribution in [1.29, 1.82) is 0 Å². The minimum absolute atomic E-state index is 0.214. The van der Waals surface area contributed by atoms with E-state index in [0.29, 0.717) is 45.2 Å². The molecule has 2 aliphatic rings. The van der Waals surface area contributed by atoms with Crippen LogP contribution in [0, 0.1) is 5.92 Å². The number of nitrogens with zero attached hydrogens (tertiary/aromatic N) is 2. The van der Waals surface area contributed by atoms with Crippen molar-refractivity contribution in [1.82, 2.24) is 9.80 Å². The number of halogens is 2. The molecule has 1 amide bonds. The Hall–Kier alpha value is -1.73. The summed E-state index contributed by atoms with van der Waals surface area (Å²) in [6, 6.07) is 6.97. The van der Waals surface area contributed by atoms with Gasteiger partial charge in [0.2, 0.25) is 5.91 Å². The van der Waals surface area contributed by atoms with Gasteiger partial charge in [-0.1, -0.05) is 18.2 Å². The molecule has 0 aromatic heterocycles. The van der Waals surface area contributed by atoms with E-state index in [1.807, 2.05) is 17.0 Å². The van der Waals surface area contributed by atoms with E-state index in [0.717, 1.165) is 37.9 Å². The Kier molecular flexibility index (Phi) is 7.41. The molecule has 0 saturated carbocycles. The van der Waals surface area contributed by atoms with Gasteiger partial charge in [-0.05, 0) is 37.8 Å². The van der Waals surface area contributed by atoms with Gasteiger partial charge in [0, 0.05) is 38.2 Å². The number of ether oxygens (including phenoxy) is 2. The standard InChI is InChI=1S/C20H28F2N2O3/c21-20(22)27-18-6-2-1-5-17(18)15-23-9-3-4-16(14-23)7-8-19(25)24-10-12-26-13-11-24/h1-2,5-6,16,20H,3-4,7-15H2/t16-/m0/s1. The Balaban J connectivity index is 1.49. The predicted octanol–water partition coefficient (Wildman–Crippen LogP) is 3.14. The highest BCUT2D eigenvalue weighted by atomic mass is 19.3. The third-order valence-electron chi connectivity index (χ3n) is 5.32. The predicted molar refractivity (Wildman–Crippen MR) is 97.7 cm³/mol. The molecule has 0 N–H and O–H groups in total. The lowest BCUT2D eigenvalue weighted by Gasteiger charge is -2.33. The molecule has 0 aliphatic carbocycles. The molecule has 150 valence electrons. The van der Waals surface area contributed by atoms with Crippen LogP contribution < -0.4 is 4.74 Å². The summed E-state index contributed by atoms with van der Waals surface area (Å²) in [6.07, 6.45) is 3.63. The van der Waals surface area contributed by atoms with E-state index in [-0.39, 0.29) is 11.7 Å². The van der Waals surface area contributed by atoms with Crippen LogP contribution in [0.25, 0.3) is 0 Å². The van der Waals surface area contributed by atoms with E-state index in [1.165, 1.54) is 0 Å². The van der Waals surface area contributed by atoms with Gasteiger partial charge in [0.1, 0.15) is 5.75 Å². The van der Waals surface area contributed by atoms with Gasteiger partial charge in [0.15, 0.2) is 0 Å². The van der Waals surface area contributed by atoms with Crippen LogP contribution in [-0.2, 0) is 16.1 Å².